The maximum atomic E-state index is 5.42. The molecule has 1 aliphatic heterocycles. The summed E-state index contributed by atoms with van der Waals surface area (Å²) in [4.78, 5) is 2.47. The second-order valence-electron chi connectivity index (χ2n) is 4.55. The summed E-state index contributed by atoms with van der Waals surface area (Å²) in [5, 5.41) is 3.32. The molecule has 2 rings (SSSR count). The minimum Gasteiger partial charge on any atom is -0.497 e. The van der Waals surface area contributed by atoms with Crippen molar-refractivity contribution in [3.8, 4) is 11.5 Å². The Labute approximate surface area is 109 Å². The van der Waals surface area contributed by atoms with E-state index in [0.717, 1.165) is 37.7 Å². The van der Waals surface area contributed by atoms with Gasteiger partial charge in [-0.2, -0.15) is 0 Å². The quantitative estimate of drug-likeness (QED) is 0.829. The molecule has 1 fully saturated rings. The summed E-state index contributed by atoms with van der Waals surface area (Å²) in [6.45, 7) is 6.32. The van der Waals surface area contributed by atoms with E-state index in [1.54, 1.807) is 14.2 Å². The van der Waals surface area contributed by atoms with E-state index in [1.165, 1.54) is 5.56 Å². The van der Waals surface area contributed by atoms with Crippen molar-refractivity contribution in [1.82, 2.24) is 10.2 Å². The van der Waals surface area contributed by atoms with Gasteiger partial charge in [-0.25, -0.2) is 0 Å². The van der Waals surface area contributed by atoms with E-state index in [-0.39, 0.29) is 0 Å². The first-order valence-corrected chi connectivity index (χ1v) is 6.44. The molecule has 0 spiro atoms. The summed E-state index contributed by atoms with van der Waals surface area (Å²) in [6.07, 6.45) is 0. The van der Waals surface area contributed by atoms with Crippen molar-refractivity contribution in [2.24, 2.45) is 0 Å². The molecule has 1 aromatic carbocycles. The van der Waals surface area contributed by atoms with Crippen LogP contribution < -0.4 is 14.8 Å². The maximum Gasteiger partial charge on any atom is 0.123 e. The lowest BCUT2D eigenvalue weighted by Crippen LogP contribution is -2.56. The van der Waals surface area contributed by atoms with Crippen molar-refractivity contribution in [2.75, 3.05) is 33.9 Å². The molecule has 0 amide bonds. The highest BCUT2D eigenvalue weighted by Crippen LogP contribution is 2.26. The Bertz CT molecular complexity index is 391. The summed E-state index contributed by atoms with van der Waals surface area (Å²) in [7, 11) is 3.41. The van der Waals surface area contributed by atoms with Gasteiger partial charge >= 0.3 is 0 Å². The first kappa shape index (κ1) is 13.2. The van der Waals surface area contributed by atoms with Gasteiger partial charge in [0.15, 0.2) is 0 Å². The van der Waals surface area contributed by atoms with Gasteiger partial charge in [-0.3, -0.25) is 4.90 Å². The molecule has 0 aliphatic carbocycles. The molecule has 0 bridgehead atoms. The minimum atomic E-state index is 0.644. The van der Waals surface area contributed by atoms with Crippen LogP contribution in [0.4, 0.5) is 0 Å². The lowest BCUT2D eigenvalue weighted by atomic mass is 10.1. The van der Waals surface area contributed by atoms with Crippen LogP contribution in [0.25, 0.3) is 0 Å². The van der Waals surface area contributed by atoms with Crippen LogP contribution >= 0.6 is 0 Å². The van der Waals surface area contributed by atoms with E-state index >= 15 is 0 Å². The van der Waals surface area contributed by atoms with Gasteiger partial charge in [0.25, 0.3) is 0 Å². The average Bonchev–Trinajstić information content (AvgIpc) is 2.35. The number of benzene rings is 1. The molecular weight excluding hydrogens is 228 g/mol. The fraction of sp³-hybridized carbons (Fsp3) is 0.571. The molecular formula is C14H22N2O2. The van der Waals surface area contributed by atoms with Crippen molar-refractivity contribution >= 4 is 0 Å². The fourth-order valence-electron chi connectivity index (χ4n) is 2.26. The molecule has 1 N–H and O–H groups in total. The van der Waals surface area contributed by atoms with Gasteiger partial charge in [0.05, 0.1) is 14.2 Å². The SMILES string of the molecule is CCN(Cc1cc(OC)ccc1OC)C1CNC1. The number of nitrogens with zero attached hydrogens (tertiary/aromatic N) is 1. The van der Waals surface area contributed by atoms with Crippen molar-refractivity contribution in [1.29, 1.82) is 0 Å². The summed E-state index contributed by atoms with van der Waals surface area (Å²) in [5.41, 5.74) is 1.19. The van der Waals surface area contributed by atoms with E-state index in [9.17, 15) is 0 Å². The number of likely N-dealkylation sites (N-methyl/N-ethyl adjacent to an activating group) is 1. The van der Waals surface area contributed by atoms with Crippen LogP contribution in [-0.4, -0.2) is 44.8 Å². The third-order valence-corrected chi connectivity index (χ3v) is 3.54. The van der Waals surface area contributed by atoms with Gasteiger partial charge in [-0.1, -0.05) is 6.92 Å². The van der Waals surface area contributed by atoms with E-state index in [1.807, 2.05) is 12.1 Å². The number of hydrogen-bond donors (Lipinski definition) is 1. The standard InChI is InChI=1S/C14H22N2O2/c1-4-16(12-8-15-9-12)10-11-7-13(17-2)5-6-14(11)18-3/h5-7,12,15H,4,8-10H2,1-3H3. The fourth-order valence-corrected chi connectivity index (χ4v) is 2.26. The third-order valence-electron chi connectivity index (χ3n) is 3.54. The van der Waals surface area contributed by atoms with Crippen molar-refractivity contribution in [3.63, 3.8) is 0 Å². The molecule has 100 valence electrons. The molecule has 0 aromatic heterocycles. The molecule has 18 heavy (non-hydrogen) atoms. The van der Waals surface area contributed by atoms with E-state index < -0.39 is 0 Å². The Morgan fingerprint density at radius 2 is 2.06 bits per heavy atom. The zero-order valence-corrected chi connectivity index (χ0v) is 11.4. The first-order valence-electron chi connectivity index (χ1n) is 6.44. The van der Waals surface area contributed by atoms with Crippen LogP contribution in [0.5, 0.6) is 11.5 Å². The largest absolute Gasteiger partial charge is 0.497 e. The average molecular weight is 250 g/mol. The number of methoxy groups -OCH3 is 2. The number of hydrogen-bond acceptors (Lipinski definition) is 4. The zero-order valence-electron chi connectivity index (χ0n) is 11.4. The van der Waals surface area contributed by atoms with Crippen LogP contribution in [0.3, 0.4) is 0 Å². The first-order chi connectivity index (χ1) is 8.78. The van der Waals surface area contributed by atoms with Crippen LogP contribution in [-0.2, 0) is 6.54 Å². The molecule has 1 aliphatic rings. The number of ether oxygens (including phenoxy) is 2. The molecule has 1 saturated heterocycles. The van der Waals surface area contributed by atoms with E-state index in [2.05, 4.69) is 23.2 Å². The zero-order chi connectivity index (χ0) is 13.0. The molecule has 0 atom stereocenters. The Hall–Kier alpha value is -1.26. The van der Waals surface area contributed by atoms with Crippen molar-refractivity contribution in [2.45, 2.75) is 19.5 Å². The molecule has 4 nitrogen and oxygen atoms in total. The molecule has 0 saturated carbocycles. The minimum absolute atomic E-state index is 0.644. The predicted octanol–water partition coefficient (Wildman–Crippen LogP) is 1.50. The van der Waals surface area contributed by atoms with E-state index in [4.69, 9.17) is 9.47 Å². The summed E-state index contributed by atoms with van der Waals surface area (Å²) in [6, 6.07) is 6.61. The van der Waals surface area contributed by atoms with Crippen molar-refractivity contribution < 1.29 is 9.47 Å². The maximum absolute atomic E-state index is 5.42. The highest BCUT2D eigenvalue weighted by Gasteiger charge is 2.24. The Morgan fingerprint density at radius 3 is 2.56 bits per heavy atom. The van der Waals surface area contributed by atoms with Gasteiger partial charge in [0.2, 0.25) is 0 Å². The second kappa shape index (κ2) is 6.07. The second-order valence-corrected chi connectivity index (χ2v) is 4.55. The summed E-state index contributed by atoms with van der Waals surface area (Å²) in [5.74, 6) is 1.81. The summed E-state index contributed by atoms with van der Waals surface area (Å²) < 4.78 is 10.7. The third kappa shape index (κ3) is 2.76. The normalized spacial score (nSPS) is 15.6. The molecule has 1 heterocycles. The number of rotatable bonds is 6. The molecule has 4 heteroatoms. The Morgan fingerprint density at radius 1 is 1.28 bits per heavy atom. The lowest BCUT2D eigenvalue weighted by molar-refractivity contribution is 0.144. The van der Waals surface area contributed by atoms with Crippen LogP contribution in [0.1, 0.15) is 12.5 Å². The van der Waals surface area contributed by atoms with Gasteiger partial charge in [-0.15, -0.1) is 0 Å². The van der Waals surface area contributed by atoms with Crippen LogP contribution in [0.15, 0.2) is 18.2 Å². The highest BCUT2D eigenvalue weighted by atomic mass is 16.5. The lowest BCUT2D eigenvalue weighted by Gasteiger charge is -2.37. The monoisotopic (exact) mass is 250 g/mol. The Balaban J connectivity index is 2.14. The van der Waals surface area contributed by atoms with Gasteiger partial charge in [-0.05, 0) is 24.7 Å². The van der Waals surface area contributed by atoms with E-state index in [0.29, 0.717) is 6.04 Å². The summed E-state index contributed by atoms with van der Waals surface area (Å²) >= 11 is 0. The smallest absolute Gasteiger partial charge is 0.123 e. The Kier molecular flexibility index (Phi) is 4.44. The highest BCUT2D eigenvalue weighted by molar-refractivity contribution is 5.40. The molecule has 1 aromatic rings. The topological polar surface area (TPSA) is 33.7 Å². The molecule has 0 radical (unpaired) electrons. The number of nitrogens with one attached hydrogen (secondary N) is 1. The predicted molar refractivity (Wildman–Crippen MR) is 72.3 cm³/mol. The van der Waals surface area contributed by atoms with Crippen molar-refractivity contribution in [3.05, 3.63) is 23.8 Å². The van der Waals surface area contributed by atoms with Crippen LogP contribution in [0, 0.1) is 0 Å². The van der Waals surface area contributed by atoms with Crippen LogP contribution in [0.2, 0.25) is 0 Å². The molecule has 0 unspecified atom stereocenters. The van der Waals surface area contributed by atoms with Gasteiger partial charge in [0.1, 0.15) is 11.5 Å². The van der Waals surface area contributed by atoms with Gasteiger partial charge in [0, 0.05) is 31.2 Å². The van der Waals surface area contributed by atoms with Gasteiger partial charge < -0.3 is 14.8 Å².